The van der Waals surface area contributed by atoms with Gasteiger partial charge in [-0.1, -0.05) is 26.7 Å². The molecule has 1 saturated heterocycles. The number of amides is 3. The van der Waals surface area contributed by atoms with E-state index >= 15 is 0 Å². The van der Waals surface area contributed by atoms with Crippen LogP contribution in [0.1, 0.15) is 46.0 Å². The van der Waals surface area contributed by atoms with Crippen LogP contribution in [0, 0.1) is 5.92 Å². The van der Waals surface area contributed by atoms with Crippen molar-refractivity contribution in [3.05, 3.63) is 0 Å². The van der Waals surface area contributed by atoms with Gasteiger partial charge < -0.3 is 5.32 Å². The summed E-state index contributed by atoms with van der Waals surface area (Å²) in [4.78, 5) is 25.5. The van der Waals surface area contributed by atoms with E-state index in [9.17, 15) is 9.59 Å². The van der Waals surface area contributed by atoms with Gasteiger partial charge in [0.25, 0.3) is 5.91 Å². The van der Waals surface area contributed by atoms with Crippen molar-refractivity contribution in [1.29, 1.82) is 0 Å². The van der Waals surface area contributed by atoms with E-state index in [0.717, 1.165) is 25.7 Å². The SMILES string of the molecule is CCCN1C(=O)N[C@@]2(CCCC[C@@H]2C)C1=O. The molecule has 1 N–H and O–H groups in total. The molecule has 2 atom stereocenters. The summed E-state index contributed by atoms with van der Waals surface area (Å²) >= 11 is 0. The summed E-state index contributed by atoms with van der Waals surface area (Å²) in [7, 11) is 0. The first-order valence-corrected chi connectivity index (χ1v) is 6.26. The second kappa shape index (κ2) is 4.07. The third-order valence-electron chi connectivity index (χ3n) is 3.95. The Bertz CT molecular complexity index is 316. The monoisotopic (exact) mass is 224 g/mol. The van der Waals surface area contributed by atoms with E-state index in [2.05, 4.69) is 12.2 Å². The molecule has 0 radical (unpaired) electrons. The molecule has 1 spiro atoms. The van der Waals surface area contributed by atoms with Crippen LogP contribution in [-0.4, -0.2) is 28.9 Å². The number of nitrogens with one attached hydrogen (secondary N) is 1. The first-order chi connectivity index (χ1) is 7.62. The lowest BCUT2D eigenvalue weighted by molar-refractivity contribution is -0.134. The maximum atomic E-state index is 12.3. The minimum absolute atomic E-state index is 0.00606. The van der Waals surface area contributed by atoms with E-state index in [1.54, 1.807) is 0 Å². The zero-order valence-corrected chi connectivity index (χ0v) is 10.1. The number of nitrogens with zero attached hydrogens (tertiary/aromatic N) is 1. The Hall–Kier alpha value is -1.06. The fourth-order valence-corrected chi connectivity index (χ4v) is 2.92. The van der Waals surface area contributed by atoms with Crippen molar-refractivity contribution in [3.63, 3.8) is 0 Å². The van der Waals surface area contributed by atoms with Gasteiger partial charge in [0.2, 0.25) is 0 Å². The van der Waals surface area contributed by atoms with Gasteiger partial charge in [-0.05, 0) is 25.2 Å². The van der Waals surface area contributed by atoms with Crippen molar-refractivity contribution in [1.82, 2.24) is 10.2 Å². The van der Waals surface area contributed by atoms with Crippen LogP contribution < -0.4 is 5.32 Å². The smallest absolute Gasteiger partial charge is 0.323 e. The van der Waals surface area contributed by atoms with Gasteiger partial charge in [-0.15, -0.1) is 0 Å². The molecule has 1 aliphatic heterocycles. The number of imide groups is 1. The largest absolute Gasteiger partial charge is 0.325 e. The van der Waals surface area contributed by atoms with Gasteiger partial charge in [0.1, 0.15) is 5.54 Å². The van der Waals surface area contributed by atoms with Crippen LogP contribution in [0.4, 0.5) is 4.79 Å². The van der Waals surface area contributed by atoms with E-state index in [-0.39, 0.29) is 17.9 Å². The van der Waals surface area contributed by atoms with Crippen molar-refractivity contribution in [2.24, 2.45) is 5.92 Å². The summed E-state index contributed by atoms with van der Waals surface area (Å²) in [6, 6.07) is -0.194. The molecule has 16 heavy (non-hydrogen) atoms. The van der Waals surface area contributed by atoms with Crippen molar-refractivity contribution in [2.45, 2.75) is 51.5 Å². The maximum absolute atomic E-state index is 12.3. The van der Waals surface area contributed by atoms with Gasteiger partial charge >= 0.3 is 6.03 Å². The predicted molar refractivity (Wildman–Crippen MR) is 60.9 cm³/mol. The molecule has 4 nitrogen and oxygen atoms in total. The van der Waals surface area contributed by atoms with Gasteiger partial charge in [-0.25, -0.2) is 4.79 Å². The molecule has 0 aromatic rings. The maximum Gasteiger partial charge on any atom is 0.325 e. The van der Waals surface area contributed by atoms with Crippen LogP contribution in [0.15, 0.2) is 0 Å². The van der Waals surface area contributed by atoms with Gasteiger partial charge in [-0.3, -0.25) is 9.69 Å². The molecule has 0 aromatic heterocycles. The van der Waals surface area contributed by atoms with Gasteiger partial charge in [0.15, 0.2) is 0 Å². The number of carbonyl (C=O) groups is 2. The number of carbonyl (C=O) groups excluding carboxylic acids is 2. The zero-order chi connectivity index (χ0) is 11.8. The minimum atomic E-state index is -0.579. The molecule has 4 heteroatoms. The quantitative estimate of drug-likeness (QED) is 0.728. The minimum Gasteiger partial charge on any atom is -0.323 e. The average Bonchev–Trinajstić information content (AvgIpc) is 2.49. The molecule has 90 valence electrons. The topological polar surface area (TPSA) is 49.4 Å². The summed E-state index contributed by atoms with van der Waals surface area (Å²) in [5.74, 6) is 0.270. The van der Waals surface area contributed by atoms with Crippen molar-refractivity contribution in [2.75, 3.05) is 6.54 Å². The number of hydrogen-bond donors (Lipinski definition) is 1. The summed E-state index contributed by atoms with van der Waals surface area (Å²) in [5, 5.41) is 2.94. The van der Waals surface area contributed by atoms with E-state index in [4.69, 9.17) is 0 Å². The summed E-state index contributed by atoms with van der Waals surface area (Å²) in [6.45, 7) is 4.60. The lowest BCUT2D eigenvalue weighted by Crippen LogP contribution is -2.53. The summed E-state index contributed by atoms with van der Waals surface area (Å²) in [6.07, 6.45) is 4.87. The number of urea groups is 1. The van der Waals surface area contributed by atoms with Gasteiger partial charge in [-0.2, -0.15) is 0 Å². The van der Waals surface area contributed by atoms with E-state index < -0.39 is 5.54 Å². The van der Waals surface area contributed by atoms with Crippen LogP contribution in [0.3, 0.4) is 0 Å². The van der Waals surface area contributed by atoms with Crippen LogP contribution >= 0.6 is 0 Å². The third-order valence-corrected chi connectivity index (χ3v) is 3.95. The first kappa shape index (κ1) is 11.4. The lowest BCUT2D eigenvalue weighted by atomic mass is 9.73. The highest BCUT2D eigenvalue weighted by Gasteiger charge is 2.54. The Balaban J connectivity index is 2.23. The fraction of sp³-hybridized carbons (Fsp3) is 0.833. The lowest BCUT2D eigenvalue weighted by Gasteiger charge is -2.36. The van der Waals surface area contributed by atoms with Crippen molar-refractivity contribution in [3.8, 4) is 0 Å². The molecular weight excluding hydrogens is 204 g/mol. The second-order valence-electron chi connectivity index (χ2n) is 5.01. The van der Waals surface area contributed by atoms with Crippen molar-refractivity contribution < 1.29 is 9.59 Å². The third kappa shape index (κ3) is 1.51. The summed E-state index contributed by atoms with van der Waals surface area (Å²) in [5.41, 5.74) is -0.579. The molecule has 1 saturated carbocycles. The highest BCUT2D eigenvalue weighted by molar-refractivity contribution is 6.07. The predicted octanol–water partition coefficient (Wildman–Crippen LogP) is 1.90. The zero-order valence-electron chi connectivity index (χ0n) is 10.1. The molecule has 0 bridgehead atoms. The molecule has 1 heterocycles. The fourth-order valence-electron chi connectivity index (χ4n) is 2.92. The molecule has 1 aliphatic carbocycles. The molecular formula is C12H20N2O2. The Morgan fingerprint density at radius 2 is 2.19 bits per heavy atom. The van der Waals surface area contributed by atoms with Crippen LogP contribution in [-0.2, 0) is 4.79 Å². The highest BCUT2D eigenvalue weighted by Crippen LogP contribution is 2.38. The van der Waals surface area contributed by atoms with Crippen LogP contribution in [0.5, 0.6) is 0 Å². The molecule has 2 rings (SSSR count). The van der Waals surface area contributed by atoms with Gasteiger partial charge in [0, 0.05) is 6.54 Å². The number of hydrogen-bond acceptors (Lipinski definition) is 2. The Morgan fingerprint density at radius 3 is 2.81 bits per heavy atom. The van der Waals surface area contributed by atoms with E-state index in [1.165, 1.54) is 11.3 Å². The highest BCUT2D eigenvalue weighted by atomic mass is 16.2. The van der Waals surface area contributed by atoms with Crippen LogP contribution in [0.2, 0.25) is 0 Å². The van der Waals surface area contributed by atoms with E-state index in [0.29, 0.717) is 6.54 Å². The standard InChI is InChI=1S/C12H20N2O2/c1-3-8-14-10(15)12(13-11(14)16)7-5-4-6-9(12)2/h9H,3-8H2,1-2H3,(H,13,16)/t9-,12+/m0/s1. The summed E-state index contributed by atoms with van der Waals surface area (Å²) < 4.78 is 0. The molecule has 3 amide bonds. The Morgan fingerprint density at radius 1 is 1.44 bits per heavy atom. The second-order valence-corrected chi connectivity index (χ2v) is 5.01. The Labute approximate surface area is 96.4 Å². The molecule has 0 aromatic carbocycles. The van der Waals surface area contributed by atoms with Crippen LogP contribution in [0.25, 0.3) is 0 Å². The average molecular weight is 224 g/mol. The molecule has 2 aliphatic rings. The molecule has 0 unspecified atom stereocenters. The number of rotatable bonds is 2. The first-order valence-electron chi connectivity index (χ1n) is 6.26. The normalized spacial score (nSPS) is 34.6. The van der Waals surface area contributed by atoms with Crippen molar-refractivity contribution >= 4 is 11.9 Å². The molecule has 2 fully saturated rings. The van der Waals surface area contributed by atoms with Gasteiger partial charge in [0.05, 0.1) is 0 Å². The van der Waals surface area contributed by atoms with E-state index in [1.807, 2.05) is 6.92 Å². The Kier molecular flexibility index (Phi) is 2.91.